The molecule has 0 aliphatic heterocycles. The van der Waals surface area contributed by atoms with Crippen molar-refractivity contribution in [3.05, 3.63) is 60.5 Å². The lowest BCUT2D eigenvalue weighted by Gasteiger charge is -2.04. The van der Waals surface area contributed by atoms with Gasteiger partial charge in [-0.3, -0.25) is 0 Å². The lowest BCUT2D eigenvalue weighted by Crippen LogP contribution is -2.02. The molecule has 2 aromatic carbocycles. The van der Waals surface area contributed by atoms with Crippen molar-refractivity contribution in [2.45, 2.75) is 26.7 Å². The lowest BCUT2D eigenvalue weighted by atomic mass is 10.0. The number of hydrogen-bond acceptors (Lipinski definition) is 6. The Hall–Kier alpha value is -2.99. The van der Waals surface area contributed by atoms with Crippen molar-refractivity contribution < 1.29 is 18.8 Å². The number of carbonyl (C=O) groups is 1. The van der Waals surface area contributed by atoms with E-state index in [0.717, 1.165) is 29.9 Å². The van der Waals surface area contributed by atoms with Crippen LogP contribution in [0.3, 0.4) is 0 Å². The number of nitrogens with zero attached hydrogens (tertiary/aromatic N) is 2. The van der Waals surface area contributed by atoms with E-state index in [0.29, 0.717) is 24.9 Å². The Kier molecular flexibility index (Phi) is 8.37. The fourth-order valence-electron chi connectivity index (χ4n) is 2.65. The van der Waals surface area contributed by atoms with Crippen LogP contribution in [0.15, 0.2) is 53.6 Å². The minimum Gasteiger partial charge on any atom is -0.463 e. The normalized spacial score (nSPS) is 10.2. The van der Waals surface area contributed by atoms with Crippen LogP contribution in [0.4, 0.5) is 0 Å². The van der Waals surface area contributed by atoms with Crippen molar-refractivity contribution in [1.29, 1.82) is 0 Å². The summed E-state index contributed by atoms with van der Waals surface area (Å²) >= 11 is 0. The van der Waals surface area contributed by atoms with Gasteiger partial charge in [0.15, 0.2) is 0 Å². The van der Waals surface area contributed by atoms with Crippen LogP contribution in [-0.4, -0.2) is 36.4 Å². The molecule has 6 heteroatoms. The summed E-state index contributed by atoms with van der Waals surface area (Å²) in [7, 11) is 1.65. The first-order valence-corrected chi connectivity index (χ1v) is 9.14. The zero-order chi connectivity index (χ0) is 20.4. The van der Waals surface area contributed by atoms with Gasteiger partial charge in [0.25, 0.3) is 0 Å². The highest BCUT2D eigenvalue weighted by Gasteiger charge is 2.09. The molecule has 3 rings (SSSR count). The Morgan fingerprint density at radius 1 is 1.11 bits per heavy atom. The van der Waals surface area contributed by atoms with E-state index in [1.54, 1.807) is 14.0 Å². The summed E-state index contributed by atoms with van der Waals surface area (Å²) in [5.41, 5.74) is 2.27. The van der Waals surface area contributed by atoms with Gasteiger partial charge in [0.2, 0.25) is 11.7 Å². The second-order valence-electron chi connectivity index (χ2n) is 6.18. The minimum absolute atomic E-state index is 0.359. The fourth-order valence-corrected chi connectivity index (χ4v) is 2.65. The first-order chi connectivity index (χ1) is 13.6. The van der Waals surface area contributed by atoms with Crippen molar-refractivity contribution in [3.63, 3.8) is 0 Å². The summed E-state index contributed by atoms with van der Waals surface area (Å²) in [5, 5.41) is 6.37. The Balaban J connectivity index is 0.000000224. The number of ether oxygens (including phenoxy) is 2. The van der Waals surface area contributed by atoms with Crippen molar-refractivity contribution in [2.24, 2.45) is 0 Å². The number of aromatic nitrogens is 2. The molecule has 28 heavy (non-hydrogen) atoms. The fraction of sp³-hybridized carbons (Fsp3) is 0.318. The highest BCUT2D eigenvalue weighted by atomic mass is 16.5. The molecule has 1 heterocycles. The maximum absolute atomic E-state index is 10.5. The van der Waals surface area contributed by atoms with E-state index in [-0.39, 0.29) is 5.97 Å². The lowest BCUT2D eigenvalue weighted by molar-refractivity contribution is -0.137. The largest absolute Gasteiger partial charge is 0.463 e. The first kappa shape index (κ1) is 21.3. The van der Waals surface area contributed by atoms with Crippen LogP contribution in [0.25, 0.3) is 22.2 Å². The molecule has 0 saturated carbocycles. The zero-order valence-corrected chi connectivity index (χ0v) is 16.6. The number of hydrogen-bond donors (Lipinski definition) is 0. The van der Waals surface area contributed by atoms with Gasteiger partial charge >= 0.3 is 5.97 Å². The number of aryl methyl sites for hydroxylation is 2. The molecule has 0 atom stereocenters. The number of carbonyl (C=O) groups excluding carboxylic acids is 1. The van der Waals surface area contributed by atoms with Crippen molar-refractivity contribution in [3.8, 4) is 11.4 Å². The summed E-state index contributed by atoms with van der Waals surface area (Å²) in [4.78, 5) is 14.8. The predicted molar refractivity (Wildman–Crippen MR) is 109 cm³/mol. The second kappa shape index (κ2) is 11.0. The van der Waals surface area contributed by atoms with Gasteiger partial charge in [0.1, 0.15) is 0 Å². The van der Waals surface area contributed by atoms with Crippen LogP contribution in [0.1, 0.15) is 24.3 Å². The van der Waals surface area contributed by atoms with E-state index in [2.05, 4.69) is 41.8 Å². The summed E-state index contributed by atoms with van der Waals surface area (Å²) in [6, 6.07) is 12.4. The van der Waals surface area contributed by atoms with E-state index in [1.165, 1.54) is 10.9 Å². The highest BCUT2D eigenvalue weighted by Crippen LogP contribution is 2.28. The van der Waals surface area contributed by atoms with Crippen LogP contribution in [0.5, 0.6) is 0 Å². The number of benzene rings is 2. The molecule has 3 aromatic rings. The molecule has 1 aromatic heterocycles. The molecule has 0 spiro atoms. The van der Waals surface area contributed by atoms with Gasteiger partial charge in [-0.05, 0) is 36.1 Å². The van der Waals surface area contributed by atoms with E-state index >= 15 is 0 Å². The standard InChI is InChI=1S/C14H12N2O.C8H14O3/c1-9-5-3-7-12-11(9)6-4-8-13(12)14-15-10(2)17-16-14;1-3-8(9)11-7-5-4-6-10-2/h3-8H,1-2H3;3H,1,4-7H2,2H3. The zero-order valence-electron chi connectivity index (χ0n) is 16.6. The van der Waals surface area contributed by atoms with Crippen LogP contribution < -0.4 is 0 Å². The van der Waals surface area contributed by atoms with Gasteiger partial charge in [-0.25, -0.2) is 4.79 Å². The topological polar surface area (TPSA) is 74.5 Å². The van der Waals surface area contributed by atoms with Gasteiger partial charge < -0.3 is 14.0 Å². The Bertz CT molecular complexity index is 918. The van der Waals surface area contributed by atoms with Crippen molar-refractivity contribution in [2.75, 3.05) is 20.3 Å². The Labute approximate surface area is 165 Å². The van der Waals surface area contributed by atoms with Gasteiger partial charge in [-0.15, -0.1) is 0 Å². The molecule has 0 aliphatic carbocycles. The van der Waals surface area contributed by atoms with E-state index < -0.39 is 0 Å². The van der Waals surface area contributed by atoms with Crippen LogP contribution in [-0.2, 0) is 14.3 Å². The van der Waals surface area contributed by atoms with Crippen molar-refractivity contribution in [1.82, 2.24) is 10.1 Å². The van der Waals surface area contributed by atoms with Crippen LogP contribution >= 0.6 is 0 Å². The maximum Gasteiger partial charge on any atom is 0.330 e. The molecule has 0 fully saturated rings. The van der Waals surface area contributed by atoms with Crippen LogP contribution in [0, 0.1) is 13.8 Å². The number of esters is 1. The third-order valence-electron chi connectivity index (χ3n) is 4.06. The third-order valence-corrected chi connectivity index (χ3v) is 4.06. The molecule has 0 bridgehead atoms. The van der Waals surface area contributed by atoms with E-state index in [4.69, 9.17) is 14.0 Å². The maximum atomic E-state index is 10.5. The smallest absolute Gasteiger partial charge is 0.330 e. The van der Waals surface area contributed by atoms with Gasteiger partial charge in [0.05, 0.1) is 6.61 Å². The summed E-state index contributed by atoms with van der Waals surface area (Å²) in [6.07, 6.45) is 2.92. The number of fused-ring (bicyclic) bond motifs is 1. The number of unbranched alkanes of at least 4 members (excludes halogenated alkanes) is 1. The number of methoxy groups -OCH3 is 1. The molecule has 0 aliphatic rings. The summed E-state index contributed by atoms with van der Waals surface area (Å²) in [5.74, 6) is 0.880. The van der Waals surface area contributed by atoms with Gasteiger partial charge in [-0.2, -0.15) is 4.98 Å². The molecular weight excluding hydrogens is 356 g/mol. The average molecular weight is 382 g/mol. The Morgan fingerprint density at radius 3 is 2.50 bits per heavy atom. The quantitative estimate of drug-likeness (QED) is 0.336. The average Bonchev–Trinajstić information content (AvgIpc) is 3.14. The summed E-state index contributed by atoms with van der Waals surface area (Å²) < 4.78 is 14.6. The SMILES string of the molecule is C=CC(=O)OCCCCOC.Cc1nc(-c2cccc3c(C)cccc23)no1. The molecular formula is C22H26N2O4. The molecule has 0 N–H and O–H groups in total. The highest BCUT2D eigenvalue weighted by molar-refractivity contribution is 5.96. The monoisotopic (exact) mass is 382 g/mol. The van der Waals surface area contributed by atoms with E-state index in [9.17, 15) is 4.79 Å². The van der Waals surface area contributed by atoms with Gasteiger partial charge in [0, 0.05) is 32.3 Å². The minimum atomic E-state index is -0.359. The predicted octanol–water partition coefficient (Wildman–Crippen LogP) is 4.65. The second-order valence-corrected chi connectivity index (χ2v) is 6.18. The van der Waals surface area contributed by atoms with Crippen molar-refractivity contribution >= 4 is 16.7 Å². The molecule has 0 radical (unpaired) electrons. The van der Waals surface area contributed by atoms with E-state index in [1.807, 2.05) is 18.2 Å². The molecule has 6 nitrogen and oxygen atoms in total. The molecule has 148 valence electrons. The Morgan fingerprint density at radius 2 is 1.82 bits per heavy atom. The first-order valence-electron chi connectivity index (χ1n) is 9.14. The summed E-state index contributed by atoms with van der Waals surface area (Å²) in [6.45, 7) is 8.35. The van der Waals surface area contributed by atoms with Crippen LogP contribution in [0.2, 0.25) is 0 Å². The third kappa shape index (κ3) is 6.03. The van der Waals surface area contributed by atoms with Gasteiger partial charge in [-0.1, -0.05) is 48.1 Å². The number of rotatable bonds is 7. The molecule has 0 saturated heterocycles. The molecule has 0 unspecified atom stereocenters. The molecule has 0 amide bonds.